The van der Waals surface area contributed by atoms with Crippen LogP contribution >= 0.6 is 0 Å². The van der Waals surface area contributed by atoms with Crippen molar-refractivity contribution in [1.29, 1.82) is 5.26 Å². The maximum Gasteiger partial charge on any atom is 2.00 e. The Balaban J connectivity index is 0. The van der Waals surface area contributed by atoms with Gasteiger partial charge in [0.1, 0.15) is 0 Å². The molecule has 0 fully saturated rings. The first-order chi connectivity index (χ1) is 6.29. The molecule has 0 saturated heterocycles. The Hall–Kier alpha value is -1.06. The number of nitrogens with zero attached hydrogens (tertiary/aromatic N) is 1. The summed E-state index contributed by atoms with van der Waals surface area (Å²) in [5.74, 6) is 0. The van der Waals surface area contributed by atoms with E-state index in [0.717, 1.165) is 12.8 Å². The van der Waals surface area contributed by atoms with Crippen molar-refractivity contribution >= 4 is 0 Å². The molecule has 0 radical (unpaired) electrons. The zero-order valence-corrected chi connectivity index (χ0v) is 9.18. The predicted octanol–water partition coefficient (Wildman–Crippen LogP) is 3.09. The van der Waals surface area contributed by atoms with E-state index in [9.17, 15) is 0 Å². The molecule has 0 atom stereocenters. The van der Waals surface area contributed by atoms with Crippen molar-refractivity contribution in [2.45, 2.75) is 19.8 Å². The van der Waals surface area contributed by atoms with Gasteiger partial charge in [-0.05, 0) is 19.8 Å². The van der Waals surface area contributed by atoms with Crippen LogP contribution in [0, 0.1) is 17.9 Å². The first-order valence-electron chi connectivity index (χ1n) is 4.11. The number of hydrogen-bond acceptors (Lipinski definition) is 1. The molecule has 0 aliphatic carbocycles. The van der Waals surface area contributed by atoms with Crippen LogP contribution in [0.1, 0.15) is 18.9 Å². The fourth-order valence-electron chi connectivity index (χ4n) is 0.934. The van der Waals surface area contributed by atoms with Crippen molar-refractivity contribution in [3.63, 3.8) is 0 Å². The van der Waals surface area contributed by atoms with E-state index in [1.165, 1.54) is 11.1 Å². The molecule has 0 aliphatic rings. The standard InChI is InChI=1S/C11H13.CN.Ni/c1-10(2)8-9-11-6-4-3-5-7-11;1-2;/h3-6H,1,8-9H2,2H3;;/q2*-1;+2. The Morgan fingerprint density at radius 3 is 2.57 bits per heavy atom. The molecule has 1 aromatic rings. The fourth-order valence-corrected chi connectivity index (χ4v) is 0.934. The fraction of sp³-hybridized carbons (Fsp3) is 0.250. The Morgan fingerprint density at radius 1 is 1.50 bits per heavy atom. The second kappa shape index (κ2) is 10.0. The average Bonchev–Trinajstić information content (AvgIpc) is 2.19. The molecule has 0 aliphatic heterocycles. The third-order valence-corrected chi connectivity index (χ3v) is 1.59. The number of benzene rings is 1. The second-order valence-corrected chi connectivity index (χ2v) is 2.84. The summed E-state index contributed by atoms with van der Waals surface area (Å²) in [5, 5.41) is 6.25. The summed E-state index contributed by atoms with van der Waals surface area (Å²) in [7, 11) is 0. The minimum Gasteiger partial charge on any atom is -0.512 e. The monoisotopic (exact) mass is 229 g/mol. The van der Waals surface area contributed by atoms with Crippen LogP contribution < -0.4 is 0 Å². The molecule has 0 amide bonds. The molecule has 2 heteroatoms. The van der Waals surface area contributed by atoms with Gasteiger partial charge in [0.25, 0.3) is 0 Å². The minimum absolute atomic E-state index is 0. The molecule has 0 unspecified atom stereocenters. The second-order valence-electron chi connectivity index (χ2n) is 2.84. The van der Waals surface area contributed by atoms with E-state index in [0.29, 0.717) is 0 Å². The van der Waals surface area contributed by atoms with Gasteiger partial charge in [0.2, 0.25) is 0 Å². The molecule has 1 aromatic carbocycles. The maximum atomic E-state index is 6.25. The zero-order valence-electron chi connectivity index (χ0n) is 8.19. The van der Waals surface area contributed by atoms with Gasteiger partial charge < -0.3 is 11.8 Å². The van der Waals surface area contributed by atoms with E-state index in [4.69, 9.17) is 11.8 Å². The van der Waals surface area contributed by atoms with Crippen molar-refractivity contribution in [3.8, 4) is 0 Å². The molecule has 0 N–H and O–H groups in total. The number of allylic oxidation sites excluding steroid dienone is 1. The number of hydrogen-bond donors (Lipinski definition) is 0. The first kappa shape index (κ1) is 15.4. The topological polar surface area (TPSA) is 23.8 Å². The maximum absolute atomic E-state index is 6.25. The first-order valence-corrected chi connectivity index (χ1v) is 4.11. The summed E-state index contributed by atoms with van der Waals surface area (Å²) in [6, 6.07) is 11.3. The van der Waals surface area contributed by atoms with Crippen molar-refractivity contribution in [2.75, 3.05) is 0 Å². The van der Waals surface area contributed by atoms with Crippen LogP contribution in [-0.4, -0.2) is 0 Å². The number of rotatable bonds is 3. The van der Waals surface area contributed by atoms with Gasteiger partial charge in [0, 0.05) is 0 Å². The summed E-state index contributed by atoms with van der Waals surface area (Å²) >= 11 is 0. The zero-order chi connectivity index (χ0) is 10.1. The molecule has 1 nitrogen and oxygen atoms in total. The summed E-state index contributed by atoms with van der Waals surface area (Å²) in [6.07, 6.45) is 2.14. The van der Waals surface area contributed by atoms with E-state index >= 15 is 0 Å². The molecule has 0 aromatic heterocycles. The summed E-state index contributed by atoms with van der Waals surface area (Å²) < 4.78 is 0. The Labute approximate surface area is 96.4 Å². The molecular weight excluding hydrogens is 217 g/mol. The van der Waals surface area contributed by atoms with E-state index in [2.05, 4.69) is 25.6 Å². The van der Waals surface area contributed by atoms with E-state index in [1.807, 2.05) is 18.2 Å². The Morgan fingerprint density at radius 2 is 2.14 bits per heavy atom. The molecule has 1 rings (SSSR count). The van der Waals surface area contributed by atoms with Gasteiger partial charge in [-0.15, -0.1) is 6.58 Å². The Kier molecular flexibility index (Phi) is 11.0. The predicted molar refractivity (Wildman–Crippen MR) is 53.4 cm³/mol. The van der Waals surface area contributed by atoms with E-state index in [1.54, 1.807) is 0 Å². The van der Waals surface area contributed by atoms with Gasteiger partial charge in [0.15, 0.2) is 0 Å². The van der Waals surface area contributed by atoms with E-state index in [-0.39, 0.29) is 16.5 Å². The third-order valence-electron chi connectivity index (χ3n) is 1.59. The largest absolute Gasteiger partial charge is 2.00 e. The summed E-state index contributed by atoms with van der Waals surface area (Å²) in [6.45, 7) is 10.7. The van der Waals surface area contributed by atoms with Gasteiger partial charge in [0.05, 0.1) is 0 Å². The van der Waals surface area contributed by atoms with Crippen LogP contribution in [0.4, 0.5) is 0 Å². The summed E-state index contributed by atoms with van der Waals surface area (Å²) in [4.78, 5) is 0. The summed E-state index contributed by atoms with van der Waals surface area (Å²) in [5.41, 5.74) is 2.51. The molecule has 14 heavy (non-hydrogen) atoms. The van der Waals surface area contributed by atoms with Crippen molar-refractivity contribution in [1.82, 2.24) is 0 Å². The van der Waals surface area contributed by atoms with Gasteiger partial charge in [-0.1, -0.05) is 5.57 Å². The number of aryl methyl sites for hydroxylation is 1. The van der Waals surface area contributed by atoms with Crippen LogP contribution in [0.3, 0.4) is 0 Å². The SMILES string of the molecule is C=C(C)CCc1[c-]cccc1.[C-]#N.[Ni+2]. The van der Waals surface area contributed by atoms with Crippen LogP contribution in [-0.2, 0) is 22.9 Å². The smallest absolute Gasteiger partial charge is 0.512 e. The average molecular weight is 230 g/mol. The van der Waals surface area contributed by atoms with Crippen molar-refractivity contribution < 1.29 is 16.5 Å². The molecule has 0 bridgehead atoms. The van der Waals surface area contributed by atoms with Gasteiger partial charge in [-0.3, -0.25) is 0 Å². The molecular formula is C12H13NNi. The quantitative estimate of drug-likeness (QED) is 0.444. The third kappa shape index (κ3) is 7.59. The van der Waals surface area contributed by atoms with Gasteiger partial charge in [-0.2, -0.15) is 35.9 Å². The van der Waals surface area contributed by atoms with Gasteiger partial charge in [-0.25, -0.2) is 0 Å². The normalized spacial score (nSPS) is 7.64. The molecule has 0 saturated carbocycles. The van der Waals surface area contributed by atoms with Crippen LogP contribution in [0.15, 0.2) is 36.4 Å². The van der Waals surface area contributed by atoms with Crippen LogP contribution in [0.2, 0.25) is 0 Å². The molecule has 0 spiro atoms. The van der Waals surface area contributed by atoms with Gasteiger partial charge >= 0.3 is 16.5 Å². The molecule has 76 valence electrons. The van der Waals surface area contributed by atoms with Crippen LogP contribution in [0.25, 0.3) is 0 Å². The van der Waals surface area contributed by atoms with E-state index < -0.39 is 0 Å². The minimum atomic E-state index is 0. The van der Waals surface area contributed by atoms with Crippen molar-refractivity contribution in [3.05, 3.63) is 54.6 Å². The molecule has 0 heterocycles. The van der Waals surface area contributed by atoms with Crippen molar-refractivity contribution in [2.24, 2.45) is 0 Å². The van der Waals surface area contributed by atoms with Crippen LogP contribution in [0.5, 0.6) is 0 Å². The Bertz CT molecular complexity index is 264.